The van der Waals surface area contributed by atoms with Crippen LogP contribution >= 0.6 is 0 Å². The third-order valence-corrected chi connectivity index (χ3v) is 5.79. The molecule has 212 valence electrons. The minimum Gasteiger partial charge on any atom is -0.492 e. The summed E-state index contributed by atoms with van der Waals surface area (Å²) < 4.78 is 46.9. The highest BCUT2D eigenvalue weighted by Gasteiger charge is 2.31. The van der Waals surface area contributed by atoms with Crippen LogP contribution in [-0.4, -0.2) is 27.2 Å². The second-order valence-corrected chi connectivity index (χ2v) is 8.73. The molecule has 0 saturated heterocycles. The maximum Gasteiger partial charge on any atom is 0.416 e. The van der Waals surface area contributed by atoms with Gasteiger partial charge in [0.25, 0.3) is 0 Å². The number of amides is 2. The first-order valence-corrected chi connectivity index (χ1v) is 12.6. The first kappa shape index (κ1) is 28.9. The number of alkyl halides is 3. The molecule has 9 nitrogen and oxygen atoms in total. The van der Waals surface area contributed by atoms with Gasteiger partial charge in [-0.25, -0.2) is 14.8 Å². The fourth-order valence-corrected chi connectivity index (χ4v) is 3.92. The van der Waals surface area contributed by atoms with Gasteiger partial charge in [-0.1, -0.05) is 18.7 Å². The lowest BCUT2D eigenvalue weighted by Crippen LogP contribution is -2.24. The monoisotopic (exact) mass is 563 g/mol. The first-order chi connectivity index (χ1) is 19.7. The standard InChI is InChI=1S/C29H28F3N7O2/c1-4-34-27-26(35-17-19-11-13-33-14-12-19)37-24(18-39(27)3)20-7-6-8-22(15-20)36-28(40)38-23-16-21(29(30,31)32)9-10-25(23)41-5-2/h4,6-16,18H,1,5,17H2,2-3H3,(H,35,37)(H2,36,38,40). The summed E-state index contributed by atoms with van der Waals surface area (Å²) in [6.45, 7) is 6.08. The summed E-state index contributed by atoms with van der Waals surface area (Å²) in [5.41, 5.74) is 2.24. The lowest BCUT2D eigenvalue weighted by atomic mass is 10.1. The van der Waals surface area contributed by atoms with Crippen LogP contribution in [0.25, 0.3) is 11.3 Å². The summed E-state index contributed by atoms with van der Waals surface area (Å²) in [4.78, 5) is 25.9. The Labute approximate surface area is 234 Å². The van der Waals surface area contributed by atoms with Gasteiger partial charge in [0.2, 0.25) is 0 Å². The van der Waals surface area contributed by atoms with Crippen molar-refractivity contribution < 1.29 is 22.7 Å². The molecule has 0 radical (unpaired) electrons. The van der Waals surface area contributed by atoms with Crippen molar-refractivity contribution in [3.63, 3.8) is 0 Å². The summed E-state index contributed by atoms with van der Waals surface area (Å²) in [6, 6.07) is 12.9. The molecule has 0 saturated carbocycles. The van der Waals surface area contributed by atoms with Crippen molar-refractivity contribution in [2.75, 3.05) is 22.6 Å². The topological polar surface area (TPSA) is 105 Å². The van der Waals surface area contributed by atoms with Gasteiger partial charge in [0.1, 0.15) is 5.75 Å². The highest BCUT2D eigenvalue weighted by Crippen LogP contribution is 2.35. The molecule has 0 bridgehead atoms. The second kappa shape index (κ2) is 12.8. The molecule has 4 rings (SSSR count). The number of nitrogens with one attached hydrogen (secondary N) is 3. The molecule has 0 spiro atoms. The number of halogens is 3. The minimum absolute atomic E-state index is 0.101. The average Bonchev–Trinajstić information content (AvgIpc) is 2.94. The van der Waals surface area contributed by atoms with Gasteiger partial charge in [-0.15, -0.1) is 0 Å². The number of urea groups is 1. The van der Waals surface area contributed by atoms with E-state index in [-0.39, 0.29) is 18.0 Å². The lowest BCUT2D eigenvalue weighted by molar-refractivity contribution is -0.137. The molecule has 0 aliphatic carbocycles. The van der Waals surface area contributed by atoms with E-state index >= 15 is 0 Å². The Morgan fingerprint density at radius 3 is 2.61 bits per heavy atom. The van der Waals surface area contributed by atoms with E-state index in [1.165, 1.54) is 12.3 Å². The van der Waals surface area contributed by atoms with Crippen LogP contribution in [0.3, 0.4) is 0 Å². The number of hydrogen-bond acceptors (Lipinski definition) is 6. The molecule has 0 unspecified atom stereocenters. The third-order valence-electron chi connectivity index (χ3n) is 5.79. The SMILES string of the molecule is C=CN=c1c(NCc2ccncc2)nc(-c2cccc(NC(=O)Nc3cc(C(F)(F)F)ccc3OCC)c2)cn1C. The molecule has 2 heterocycles. The maximum atomic E-state index is 13.2. The van der Waals surface area contributed by atoms with Gasteiger partial charge in [-0.2, -0.15) is 13.2 Å². The minimum atomic E-state index is -4.57. The molecule has 0 fully saturated rings. The molecular formula is C29H28F3N7O2. The number of hydrogen-bond donors (Lipinski definition) is 3. The number of nitrogens with zero attached hydrogens (tertiary/aromatic N) is 4. The van der Waals surface area contributed by atoms with E-state index in [2.05, 4.69) is 32.5 Å². The zero-order valence-corrected chi connectivity index (χ0v) is 22.4. The Hall–Kier alpha value is -5.13. The van der Waals surface area contributed by atoms with Crippen LogP contribution in [0, 0.1) is 0 Å². The number of aromatic nitrogens is 3. The van der Waals surface area contributed by atoms with E-state index in [0.29, 0.717) is 34.8 Å². The number of carbonyl (C=O) groups is 1. The first-order valence-electron chi connectivity index (χ1n) is 12.6. The fraction of sp³-hybridized carbons (Fsp3) is 0.172. The Morgan fingerprint density at radius 2 is 1.90 bits per heavy atom. The largest absolute Gasteiger partial charge is 0.492 e. The van der Waals surface area contributed by atoms with Crippen molar-refractivity contribution in [2.45, 2.75) is 19.6 Å². The summed E-state index contributed by atoms with van der Waals surface area (Å²) >= 11 is 0. The van der Waals surface area contributed by atoms with Crippen LogP contribution in [0.5, 0.6) is 5.75 Å². The van der Waals surface area contributed by atoms with E-state index in [1.807, 2.05) is 25.2 Å². The van der Waals surface area contributed by atoms with E-state index in [4.69, 9.17) is 9.72 Å². The molecule has 12 heteroatoms. The van der Waals surface area contributed by atoms with Crippen molar-refractivity contribution in [3.8, 4) is 17.0 Å². The number of anilines is 3. The van der Waals surface area contributed by atoms with Crippen molar-refractivity contribution >= 4 is 23.2 Å². The van der Waals surface area contributed by atoms with Crippen LogP contribution in [0.15, 0.2) is 91.0 Å². The Bertz CT molecular complexity index is 1600. The maximum absolute atomic E-state index is 13.2. The molecule has 0 atom stereocenters. The van der Waals surface area contributed by atoms with Crippen molar-refractivity contribution in [1.29, 1.82) is 0 Å². The quantitative estimate of drug-likeness (QED) is 0.225. The van der Waals surface area contributed by atoms with E-state index in [0.717, 1.165) is 17.7 Å². The summed E-state index contributed by atoms with van der Waals surface area (Å²) in [5, 5.41) is 8.41. The number of ether oxygens (including phenoxy) is 1. The molecule has 0 aliphatic heterocycles. The molecule has 2 amide bonds. The molecule has 4 aromatic rings. The smallest absolute Gasteiger partial charge is 0.416 e. The Morgan fingerprint density at radius 1 is 1.12 bits per heavy atom. The molecule has 2 aromatic heterocycles. The number of pyridine rings is 1. The Balaban J connectivity index is 1.58. The Kier molecular flexibility index (Phi) is 9.02. The van der Waals surface area contributed by atoms with E-state index in [1.54, 1.807) is 48.3 Å². The number of aryl methyl sites for hydroxylation is 1. The van der Waals surface area contributed by atoms with Crippen LogP contribution in [-0.2, 0) is 19.8 Å². The molecule has 2 aromatic carbocycles. The van der Waals surface area contributed by atoms with Crippen LogP contribution in [0.4, 0.5) is 35.2 Å². The lowest BCUT2D eigenvalue weighted by Gasteiger charge is -2.15. The summed E-state index contributed by atoms with van der Waals surface area (Å²) in [7, 11) is 1.83. The predicted octanol–water partition coefficient (Wildman–Crippen LogP) is 6.20. The van der Waals surface area contributed by atoms with Crippen molar-refractivity contribution in [2.24, 2.45) is 12.0 Å². The predicted molar refractivity (Wildman–Crippen MR) is 151 cm³/mol. The number of rotatable bonds is 9. The average molecular weight is 564 g/mol. The van der Waals surface area contributed by atoms with Crippen LogP contribution in [0.2, 0.25) is 0 Å². The molecular weight excluding hydrogens is 535 g/mol. The van der Waals surface area contributed by atoms with Gasteiger partial charge >= 0.3 is 12.2 Å². The second-order valence-electron chi connectivity index (χ2n) is 8.73. The summed E-state index contributed by atoms with van der Waals surface area (Å²) in [6.07, 6.45) is 2.05. The van der Waals surface area contributed by atoms with E-state index in [9.17, 15) is 18.0 Å². The molecule has 3 N–H and O–H groups in total. The van der Waals surface area contributed by atoms with E-state index < -0.39 is 17.8 Å². The van der Waals surface area contributed by atoms with Crippen molar-refractivity contribution in [3.05, 3.63) is 103 Å². The molecule has 0 aliphatic rings. The van der Waals surface area contributed by atoms with Gasteiger partial charge in [0.15, 0.2) is 11.3 Å². The van der Waals surface area contributed by atoms with Crippen LogP contribution < -0.4 is 26.2 Å². The number of benzene rings is 2. The van der Waals surface area contributed by atoms with Gasteiger partial charge in [0.05, 0.1) is 23.6 Å². The van der Waals surface area contributed by atoms with Gasteiger partial charge < -0.3 is 25.3 Å². The van der Waals surface area contributed by atoms with Gasteiger partial charge in [-0.05, 0) is 55.0 Å². The van der Waals surface area contributed by atoms with Gasteiger partial charge in [-0.3, -0.25) is 4.98 Å². The van der Waals surface area contributed by atoms with Crippen molar-refractivity contribution in [1.82, 2.24) is 14.5 Å². The normalized spacial score (nSPS) is 11.6. The fourth-order valence-electron chi connectivity index (χ4n) is 3.92. The zero-order chi connectivity index (χ0) is 29.4. The summed E-state index contributed by atoms with van der Waals surface area (Å²) in [5.74, 6) is 0.642. The number of carbonyl (C=O) groups excluding carboxylic acids is 1. The third kappa shape index (κ3) is 7.50. The zero-order valence-electron chi connectivity index (χ0n) is 22.4. The van der Waals surface area contributed by atoms with Gasteiger partial charge in [0, 0.05) is 49.6 Å². The highest BCUT2D eigenvalue weighted by molar-refractivity contribution is 6.01. The molecule has 41 heavy (non-hydrogen) atoms. The highest BCUT2D eigenvalue weighted by atomic mass is 19.4. The van der Waals surface area contributed by atoms with Crippen LogP contribution in [0.1, 0.15) is 18.1 Å².